The van der Waals surface area contributed by atoms with Crippen LogP contribution in [0.15, 0.2) is 109 Å². The van der Waals surface area contributed by atoms with E-state index in [1.807, 2.05) is 0 Å². The van der Waals surface area contributed by atoms with Crippen LogP contribution in [-0.4, -0.2) is 17.6 Å². The topological polar surface area (TPSA) is 37.4 Å². The van der Waals surface area contributed by atoms with E-state index in [9.17, 15) is 9.59 Å². The highest BCUT2D eigenvalue weighted by molar-refractivity contribution is 7.16. The number of ketones is 2. The molecule has 0 fully saturated rings. The molecule has 1 aromatic heterocycles. The number of rotatable bonds is 4. The number of para-hydroxylation sites is 1. The van der Waals surface area contributed by atoms with Gasteiger partial charge in [0, 0.05) is 37.7 Å². The Morgan fingerprint density at radius 3 is 2.21 bits per heavy atom. The van der Waals surface area contributed by atoms with Gasteiger partial charge in [-0.25, -0.2) is 0 Å². The first-order chi connectivity index (χ1) is 18.9. The summed E-state index contributed by atoms with van der Waals surface area (Å²) in [6, 6.07) is 26.9. The van der Waals surface area contributed by atoms with Crippen LogP contribution in [0.3, 0.4) is 0 Å². The lowest BCUT2D eigenvalue weighted by molar-refractivity contribution is 0.0990. The maximum Gasteiger partial charge on any atom is 0.197 e. The van der Waals surface area contributed by atoms with Crippen LogP contribution in [0.4, 0.5) is 11.4 Å². The van der Waals surface area contributed by atoms with E-state index in [2.05, 4.69) is 97.6 Å². The minimum Gasteiger partial charge on any atom is -0.334 e. The van der Waals surface area contributed by atoms with E-state index < -0.39 is 0 Å². The second-order valence-electron chi connectivity index (χ2n) is 10.8. The van der Waals surface area contributed by atoms with Gasteiger partial charge >= 0.3 is 0 Å². The minimum absolute atomic E-state index is 0.180. The first-order valence-corrected chi connectivity index (χ1v) is 14.1. The lowest BCUT2D eigenvalue weighted by atomic mass is 9.82. The number of carbonyl (C=O) groups is 2. The summed E-state index contributed by atoms with van der Waals surface area (Å²) in [5, 5.41) is 0. The van der Waals surface area contributed by atoms with Gasteiger partial charge in [-0.15, -0.1) is 11.3 Å². The molecule has 1 heterocycles. The summed E-state index contributed by atoms with van der Waals surface area (Å²) < 4.78 is 0. The summed E-state index contributed by atoms with van der Waals surface area (Å²) in [4.78, 5) is 30.5. The highest BCUT2D eigenvalue weighted by atomic mass is 32.1. The van der Waals surface area contributed by atoms with Crippen LogP contribution in [0.2, 0.25) is 0 Å². The van der Waals surface area contributed by atoms with Gasteiger partial charge in [-0.3, -0.25) is 9.59 Å². The van der Waals surface area contributed by atoms with Crippen molar-refractivity contribution in [2.75, 3.05) is 4.90 Å². The summed E-state index contributed by atoms with van der Waals surface area (Å²) >= 11 is 1.66. The molecule has 190 valence electrons. The first kappa shape index (κ1) is 23.8. The van der Waals surface area contributed by atoms with E-state index in [1.165, 1.54) is 32.9 Å². The number of Topliss-reactive ketones (excluding diaryl/α,β-unsaturated/α-hetero) is 2. The van der Waals surface area contributed by atoms with Gasteiger partial charge in [-0.2, -0.15) is 0 Å². The Morgan fingerprint density at radius 1 is 0.795 bits per heavy atom. The average molecular weight is 526 g/mol. The third kappa shape index (κ3) is 3.70. The number of fused-ring (bicyclic) bond motifs is 4. The fraction of sp³-hybridized carbons (Fsp3) is 0.143. The molecule has 0 radical (unpaired) electrons. The van der Waals surface area contributed by atoms with E-state index in [4.69, 9.17) is 0 Å². The van der Waals surface area contributed by atoms with Crippen molar-refractivity contribution >= 4 is 40.4 Å². The Hall–Kier alpha value is -4.28. The second-order valence-corrected chi connectivity index (χ2v) is 11.9. The SMILES string of the molecule is CC1(C)c2cc(N(c3ccccc3)C3C=CC=CC3)ccc2-c2sc(C=C3C(=O)c4ccccc4C3=O)cc21. The molecule has 0 saturated heterocycles. The van der Waals surface area contributed by atoms with Crippen LogP contribution >= 0.6 is 11.3 Å². The van der Waals surface area contributed by atoms with Crippen molar-refractivity contribution in [3.05, 3.63) is 136 Å². The average Bonchev–Trinajstić information content (AvgIpc) is 3.56. The third-order valence-corrected chi connectivity index (χ3v) is 9.26. The molecule has 0 bridgehead atoms. The summed E-state index contributed by atoms with van der Waals surface area (Å²) in [5.74, 6) is -0.359. The van der Waals surface area contributed by atoms with Gasteiger partial charge in [0.05, 0.1) is 11.6 Å². The normalized spacial score (nSPS) is 18.2. The zero-order valence-corrected chi connectivity index (χ0v) is 22.7. The Morgan fingerprint density at radius 2 is 1.51 bits per heavy atom. The highest BCUT2D eigenvalue weighted by Gasteiger charge is 2.39. The number of allylic oxidation sites excluding steroid dienone is 3. The molecule has 1 atom stereocenters. The van der Waals surface area contributed by atoms with Gasteiger partial charge in [0.1, 0.15) is 0 Å². The monoisotopic (exact) mass is 525 g/mol. The second kappa shape index (κ2) is 8.89. The molecule has 3 aliphatic rings. The van der Waals surface area contributed by atoms with Crippen molar-refractivity contribution < 1.29 is 9.59 Å². The predicted molar refractivity (Wildman–Crippen MR) is 160 cm³/mol. The molecular weight excluding hydrogens is 498 g/mol. The molecule has 7 rings (SSSR count). The lowest BCUT2D eigenvalue weighted by Gasteiger charge is -2.33. The Bertz CT molecular complexity index is 1720. The molecule has 0 aliphatic heterocycles. The molecule has 39 heavy (non-hydrogen) atoms. The van der Waals surface area contributed by atoms with Gasteiger partial charge < -0.3 is 4.90 Å². The standard InChI is InChI=1S/C35H27NO2S/c1-35(2)30-19-24(36(22-11-5-3-6-12-22)23-13-7-4-8-14-23)17-18-28(30)34-31(35)21-25(39-34)20-29-32(37)26-15-9-10-16-27(26)33(29)38/h3-13,15-21,23H,14H2,1-2H3. The molecule has 3 nitrogen and oxygen atoms in total. The van der Waals surface area contributed by atoms with E-state index >= 15 is 0 Å². The van der Waals surface area contributed by atoms with Crippen molar-refractivity contribution in [1.82, 2.24) is 0 Å². The van der Waals surface area contributed by atoms with Crippen LogP contribution in [0.25, 0.3) is 16.5 Å². The van der Waals surface area contributed by atoms with Gasteiger partial charge in [0.15, 0.2) is 11.6 Å². The Labute approximate surface area is 232 Å². The first-order valence-electron chi connectivity index (χ1n) is 13.3. The molecule has 1 unspecified atom stereocenters. The molecule has 0 N–H and O–H groups in total. The number of benzene rings is 3. The quantitative estimate of drug-likeness (QED) is 0.198. The van der Waals surface area contributed by atoms with Crippen LogP contribution < -0.4 is 4.90 Å². The van der Waals surface area contributed by atoms with E-state index in [0.717, 1.165) is 11.3 Å². The van der Waals surface area contributed by atoms with Crippen molar-refractivity contribution in [3.8, 4) is 10.4 Å². The summed E-state index contributed by atoms with van der Waals surface area (Å²) in [6.45, 7) is 4.53. The van der Waals surface area contributed by atoms with Gasteiger partial charge in [0.2, 0.25) is 0 Å². The smallest absolute Gasteiger partial charge is 0.197 e. The zero-order valence-electron chi connectivity index (χ0n) is 21.8. The highest BCUT2D eigenvalue weighted by Crippen LogP contribution is 2.54. The van der Waals surface area contributed by atoms with Gasteiger partial charge in [-0.1, -0.05) is 86.7 Å². The van der Waals surface area contributed by atoms with Gasteiger partial charge in [0.25, 0.3) is 0 Å². The number of hydrogen-bond donors (Lipinski definition) is 0. The number of carbonyl (C=O) groups excluding carboxylic acids is 2. The van der Waals surface area contributed by atoms with Crippen molar-refractivity contribution in [2.45, 2.75) is 31.7 Å². The summed E-state index contributed by atoms with van der Waals surface area (Å²) in [6.07, 6.45) is 11.5. The molecule has 4 heteroatoms. The van der Waals surface area contributed by atoms with Crippen LogP contribution in [-0.2, 0) is 5.41 Å². The Balaban J connectivity index is 1.28. The van der Waals surface area contributed by atoms with Crippen LogP contribution in [0, 0.1) is 0 Å². The zero-order chi connectivity index (χ0) is 26.7. The predicted octanol–water partition coefficient (Wildman–Crippen LogP) is 8.54. The largest absolute Gasteiger partial charge is 0.334 e. The molecule has 3 aliphatic carbocycles. The lowest BCUT2D eigenvalue weighted by Crippen LogP contribution is -2.30. The molecule has 4 aromatic rings. The van der Waals surface area contributed by atoms with Crippen molar-refractivity contribution in [1.29, 1.82) is 0 Å². The number of anilines is 2. The summed E-state index contributed by atoms with van der Waals surface area (Å²) in [5.41, 5.74) is 7.19. The molecule has 3 aromatic carbocycles. The Kier molecular flexibility index (Phi) is 5.43. The summed E-state index contributed by atoms with van der Waals surface area (Å²) in [7, 11) is 0. The van der Waals surface area contributed by atoms with E-state index in [1.54, 1.807) is 41.7 Å². The third-order valence-electron chi connectivity index (χ3n) is 8.14. The fourth-order valence-electron chi connectivity index (χ4n) is 6.11. The van der Waals surface area contributed by atoms with Crippen molar-refractivity contribution in [3.63, 3.8) is 0 Å². The van der Waals surface area contributed by atoms with Crippen LogP contribution in [0.5, 0.6) is 0 Å². The molecule has 0 spiro atoms. The minimum atomic E-state index is -0.203. The van der Waals surface area contributed by atoms with E-state index in [-0.39, 0.29) is 28.6 Å². The van der Waals surface area contributed by atoms with Crippen LogP contribution in [0.1, 0.15) is 57.0 Å². The fourth-order valence-corrected chi connectivity index (χ4v) is 7.41. The molecule has 0 amide bonds. The maximum atomic E-state index is 13.0. The number of thiophene rings is 1. The number of hydrogen-bond acceptors (Lipinski definition) is 4. The van der Waals surface area contributed by atoms with E-state index in [0.29, 0.717) is 11.1 Å². The van der Waals surface area contributed by atoms with Crippen molar-refractivity contribution in [2.24, 2.45) is 0 Å². The molecular formula is C35H27NO2S. The van der Waals surface area contributed by atoms with Gasteiger partial charge in [-0.05, 0) is 59.5 Å². The number of nitrogens with zero attached hydrogens (tertiary/aromatic N) is 1. The molecule has 0 saturated carbocycles. The maximum absolute atomic E-state index is 13.0.